The molecule has 1 aromatic carbocycles. The number of ether oxygens (including phenoxy) is 1. The number of rotatable bonds is 8. The number of nitrogens with one attached hydrogen (secondary N) is 1. The third-order valence-electron chi connectivity index (χ3n) is 5.08. The van der Waals surface area contributed by atoms with Crippen molar-refractivity contribution < 1.29 is 67.9 Å². The number of aromatic nitrogens is 3. The van der Waals surface area contributed by atoms with E-state index in [1.165, 1.54) is 17.0 Å². The minimum absolute atomic E-state index is 0. The summed E-state index contributed by atoms with van der Waals surface area (Å²) in [5.74, 6) is -2.78. The summed E-state index contributed by atoms with van der Waals surface area (Å²) in [6, 6.07) is 5.77. The van der Waals surface area contributed by atoms with E-state index < -0.39 is 58.6 Å². The summed E-state index contributed by atoms with van der Waals surface area (Å²) < 4.78 is 32.4. The maximum atomic E-state index is 11.7. The fourth-order valence-electron chi connectivity index (χ4n) is 3.48. The van der Waals surface area contributed by atoms with Crippen LogP contribution in [0.25, 0.3) is 11.3 Å². The molecular formula is C19H23N4NaO8S. The number of hydrogen-bond acceptors (Lipinski definition) is 10. The van der Waals surface area contributed by atoms with Gasteiger partial charge in [0.15, 0.2) is 0 Å². The number of sulfonamides is 1. The molecule has 33 heavy (non-hydrogen) atoms. The third kappa shape index (κ3) is 6.32. The second kappa shape index (κ2) is 11.0. The van der Waals surface area contributed by atoms with Crippen molar-refractivity contribution >= 4 is 21.7 Å². The first-order valence-electron chi connectivity index (χ1n) is 9.57. The topological polar surface area (TPSA) is 187 Å². The van der Waals surface area contributed by atoms with Crippen LogP contribution in [0.3, 0.4) is 0 Å². The minimum Gasteiger partial charge on any atom is -0.542 e. The Balaban J connectivity index is 0.00000385. The molecule has 0 unspecified atom stereocenters. The number of carboxylic acids is 1. The Labute approximate surface area is 212 Å². The maximum Gasteiger partial charge on any atom is 1.00 e. The van der Waals surface area contributed by atoms with Gasteiger partial charge in [0.2, 0.25) is 10.0 Å². The van der Waals surface area contributed by atoms with Crippen LogP contribution in [0.2, 0.25) is 0 Å². The Morgan fingerprint density at radius 2 is 2.00 bits per heavy atom. The van der Waals surface area contributed by atoms with Crippen LogP contribution in [0.5, 0.6) is 0 Å². The molecule has 2 heterocycles. The Kier molecular flexibility index (Phi) is 9.04. The van der Waals surface area contributed by atoms with Crippen LogP contribution in [-0.2, 0) is 19.6 Å². The number of carboxylic acid groups (broad SMARTS) is 1. The molecule has 0 fully saturated rings. The number of benzene rings is 1. The van der Waals surface area contributed by atoms with Gasteiger partial charge in [-0.1, -0.05) is 30.3 Å². The smallest absolute Gasteiger partial charge is 0.542 e. The summed E-state index contributed by atoms with van der Waals surface area (Å²) in [7, 11) is -3.55. The average molecular weight is 490 g/mol. The van der Waals surface area contributed by atoms with E-state index in [1.54, 1.807) is 31.2 Å². The molecule has 0 bridgehead atoms. The monoisotopic (exact) mass is 490 g/mol. The van der Waals surface area contributed by atoms with Crippen LogP contribution < -0.4 is 39.4 Å². The second-order valence-electron chi connectivity index (χ2n) is 7.49. The van der Waals surface area contributed by atoms with Crippen molar-refractivity contribution in [1.82, 2.24) is 15.0 Å². The Hall–Kier alpha value is -2.00. The molecule has 0 aliphatic carbocycles. The number of aliphatic hydroxyl groups is 3. The zero-order valence-electron chi connectivity index (χ0n) is 18.2. The van der Waals surface area contributed by atoms with Gasteiger partial charge >= 0.3 is 29.6 Å². The molecule has 0 amide bonds. The summed E-state index contributed by atoms with van der Waals surface area (Å²) in [4.78, 5) is 11.4. The van der Waals surface area contributed by atoms with Gasteiger partial charge in [0.25, 0.3) is 0 Å². The van der Waals surface area contributed by atoms with E-state index in [9.17, 15) is 28.5 Å². The molecule has 1 aromatic heterocycles. The second-order valence-corrected chi connectivity index (χ2v) is 9.24. The number of para-hydroxylation sites is 1. The minimum atomic E-state index is -3.55. The molecule has 14 heteroatoms. The number of anilines is 1. The molecule has 0 saturated heterocycles. The first-order chi connectivity index (χ1) is 15.0. The first kappa shape index (κ1) is 27.2. The summed E-state index contributed by atoms with van der Waals surface area (Å²) in [5, 5.41) is 48.8. The predicted octanol–water partition coefficient (Wildman–Crippen LogP) is -4.76. The third-order valence-corrected chi connectivity index (χ3v) is 5.67. The van der Waals surface area contributed by atoms with Gasteiger partial charge in [0.05, 0.1) is 30.8 Å². The van der Waals surface area contributed by atoms with Gasteiger partial charge in [0, 0.05) is 11.5 Å². The maximum absolute atomic E-state index is 11.7. The number of hydrogen-bond donors (Lipinski definition) is 4. The van der Waals surface area contributed by atoms with Crippen LogP contribution >= 0.6 is 0 Å². The van der Waals surface area contributed by atoms with Crippen LogP contribution in [0.4, 0.5) is 5.69 Å². The largest absolute Gasteiger partial charge is 1.00 e. The molecular weight excluding hydrogens is 467 g/mol. The van der Waals surface area contributed by atoms with Crippen molar-refractivity contribution in [2.24, 2.45) is 5.92 Å². The number of aliphatic hydroxyl groups excluding tert-OH is 3. The van der Waals surface area contributed by atoms with E-state index in [0.717, 1.165) is 6.26 Å². The van der Waals surface area contributed by atoms with Gasteiger partial charge in [-0.3, -0.25) is 4.72 Å². The predicted molar refractivity (Wildman–Crippen MR) is 109 cm³/mol. The van der Waals surface area contributed by atoms with Crippen molar-refractivity contribution in [1.29, 1.82) is 0 Å². The van der Waals surface area contributed by atoms with E-state index >= 15 is 0 Å². The van der Waals surface area contributed by atoms with Gasteiger partial charge in [0.1, 0.15) is 35.7 Å². The molecule has 5 atom stereocenters. The fraction of sp³-hybridized carbons (Fsp3) is 0.421. The molecule has 0 spiro atoms. The molecule has 1 aliphatic heterocycles. The number of aliphatic carboxylic acids is 1. The molecule has 1 aliphatic rings. The van der Waals surface area contributed by atoms with Crippen molar-refractivity contribution in [3.8, 4) is 11.3 Å². The van der Waals surface area contributed by atoms with E-state index in [4.69, 9.17) is 9.84 Å². The number of carbonyl (C=O) groups excluding carboxylic acids is 1. The number of nitrogens with zero attached hydrogens (tertiary/aromatic N) is 3. The standard InChI is InChI=1S/C19H24N4O8S.Na/c1-10-14(7-16(19(27)28)31-18(10)17(26)15(25)9-24)23-8-13(20-22-23)11-5-3-4-6-12(11)21-32(2,29)30;/h3-8,10,14-15,17-18,21,24-26H,9H2,1-2H3,(H,27,28);/q;+1/p-1/t10-,14+,15-,17-,18-;/m1./s1. The Morgan fingerprint density at radius 3 is 2.61 bits per heavy atom. The van der Waals surface area contributed by atoms with Gasteiger partial charge in [-0.05, 0) is 12.1 Å². The summed E-state index contributed by atoms with van der Waals surface area (Å²) >= 11 is 0. The van der Waals surface area contributed by atoms with Gasteiger partial charge in [-0.25, -0.2) is 13.1 Å². The number of carbonyl (C=O) groups is 1. The summed E-state index contributed by atoms with van der Waals surface area (Å²) in [6.45, 7) is 0.895. The molecule has 3 rings (SSSR count). The first-order valence-corrected chi connectivity index (χ1v) is 11.5. The molecule has 4 N–H and O–H groups in total. The van der Waals surface area contributed by atoms with Crippen LogP contribution in [0, 0.1) is 5.92 Å². The van der Waals surface area contributed by atoms with E-state index in [0.29, 0.717) is 11.3 Å². The summed E-state index contributed by atoms with van der Waals surface area (Å²) in [5.41, 5.74) is 1.04. The Bertz CT molecular complexity index is 1120. The van der Waals surface area contributed by atoms with E-state index in [1.807, 2.05) is 0 Å². The van der Waals surface area contributed by atoms with Crippen molar-refractivity contribution in [3.05, 3.63) is 42.3 Å². The van der Waals surface area contributed by atoms with Gasteiger partial charge < -0.3 is 30.0 Å². The van der Waals surface area contributed by atoms with Gasteiger partial charge in [-0.15, -0.1) is 5.10 Å². The SMILES string of the molecule is C[C@H]1[C@H]([C@H](O)[C@H](O)CO)OC(C(=O)[O-])=C[C@@H]1n1cc(-c2ccccc2NS(C)(=O)=O)nn1.[Na+]. The molecule has 0 radical (unpaired) electrons. The average Bonchev–Trinajstić information content (AvgIpc) is 3.21. The van der Waals surface area contributed by atoms with Gasteiger partial charge in [-0.2, -0.15) is 0 Å². The normalized spacial score (nSPS) is 22.3. The zero-order chi connectivity index (χ0) is 23.6. The van der Waals surface area contributed by atoms with Crippen LogP contribution in [0.1, 0.15) is 13.0 Å². The summed E-state index contributed by atoms with van der Waals surface area (Å²) in [6.07, 6.45) is -0.569. The Morgan fingerprint density at radius 1 is 1.33 bits per heavy atom. The quantitative estimate of drug-likeness (QED) is 0.262. The number of allylic oxidation sites excluding steroid dienone is 1. The molecule has 2 aromatic rings. The zero-order valence-corrected chi connectivity index (χ0v) is 21.0. The van der Waals surface area contributed by atoms with Crippen LogP contribution in [-0.4, -0.2) is 75.9 Å². The van der Waals surface area contributed by atoms with E-state index in [-0.39, 0.29) is 35.2 Å². The fourth-order valence-corrected chi connectivity index (χ4v) is 4.05. The molecule has 0 saturated carbocycles. The van der Waals surface area contributed by atoms with Crippen LogP contribution in [0.15, 0.2) is 42.3 Å². The van der Waals surface area contributed by atoms with Crippen molar-refractivity contribution in [3.63, 3.8) is 0 Å². The van der Waals surface area contributed by atoms with Crippen molar-refractivity contribution in [2.75, 3.05) is 17.6 Å². The molecule has 12 nitrogen and oxygen atoms in total. The molecule has 174 valence electrons. The van der Waals surface area contributed by atoms with Crippen molar-refractivity contribution in [2.45, 2.75) is 31.3 Å². The van der Waals surface area contributed by atoms with E-state index in [2.05, 4.69) is 15.0 Å².